The van der Waals surface area contributed by atoms with Gasteiger partial charge in [-0.1, -0.05) is 103 Å². The quantitative estimate of drug-likeness (QED) is 0.364. The molecule has 0 aromatic heterocycles. The Morgan fingerprint density at radius 3 is 1.94 bits per heavy atom. The van der Waals surface area contributed by atoms with Crippen LogP contribution in [0.2, 0.25) is 0 Å². The van der Waals surface area contributed by atoms with Gasteiger partial charge in [0.15, 0.2) is 0 Å². The minimum atomic E-state index is -0.710. The molecule has 1 amide bonds. The standard InChI is InChI=1S/C26H26N2O4S/c1-31-25(29)22(17-19-11-5-2-6-12-19)27-24(33)23(21-15-9-4-10-16-21)28-26(30)32-18-20-13-7-3-8-14-20/h2-16,22-23H,17-18H2,1H3,(H,27,33)(H,28,30)/t22-,23-/m0/s1. The Morgan fingerprint density at radius 1 is 0.818 bits per heavy atom. The van der Waals surface area contributed by atoms with Crippen molar-refractivity contribution in [2.75, 3.05) is 7.11 Å². The van der Waals surface area contributed by atoms with E-state index in [0.29, 0.717) is 6.42 Å². The lowest BCUT2D eigenvalue weighted by Crippen LogP contribution is -2.47. The van der Waals surface area contributed by atoms with Crippen molar-refractivity contribution in [2.45, 2.75) is 25.1 Å². The number of methoxy groups -OCH3 is 1. The van der Waals surface area contributed by atoms with Gasteiger partial charge in [0.25, 0.3) is 0 Å². The molecular weight excluding hydrogens is 436 g/mol. The fourth-order valence-corrected chi connectivity index (χ4v) is 3.61. The summed E-state index contributed by atoms with van der Waals surface area (Å²) in [6.45, 7) is 0.132. The molecule has 2 atom stereocenters. The summed E-state index contributed by atoms with van der Waals surface area (Å²) >= 11 is 5.62. The highest BCUT2D eigenvalue weighted by Gasteiger charge is 2.26. The van der Waals surface area contributed by atoms with Gasteiger partial charge in [-0.3, -0.25) is 0 Å². The van der Waals surface area contributed by atoms with E-state index in [2.05, 4.69) is 10.6 Å². The Bertz CT molecular complexity index is 1050. The number of thiocarbonyl (C=S) groups is 1. The average Bonchev–Trinajstić information content (AvgIpc) is 2.86. The zero-order valence-electron chi connectivity index (χ0n) is 18.3. The van der Waals surface area contributed by atoms with Gasteiger partial charge in [-0.25, -0.2) is 9.59 Å². The topological polar surface area (TPSA) is 76.7 Å². The molecule has 7 heteroatoms. The third-order valence-corrected chi connectivity index (χ3v) is 5.31. The average molecular weight is 463 g/mol. The van der Waals surface area contributed by atoms with Crippen molar-refractivity contribution in [1.29, 1.82) is 0 Å². The van der Waals surface area contributed by atoms with Crippen molar-refractivity contribution in [3.8, 4) is 0 Å². The van der Waals surface area contributed by atoms with E-state index in [9.17, 15) is 9.59 Å². The predicted octanol–water partition coefficient (Wildman–Crippen LogP) is 4.36. The van der Waals surface area contributed by atoms with E-state index in [4.69, 9.17) is 21.7 Å². The van der Waals surface area contributed by atoms with E-state index >= 15 is 0 Å². The molecule has 0 aliphatic rings. The fourth-order valence-electron chi connectivity index (χ4n) is 3.27. The number of alkyl carbamates (subject to hydrolysis) is 1. The SMILES string of the molecule is COC(=O)[C@H](Cc1ccccc1)NC(=S)[C@@H](NC(=O)OCc1ccccc1)c1ccccc1. The number of esters is 1. The van der Waals surface area contributed by atoms with Crippen molar-refractivity contribution >= 4 is 29.3 Å². The minimum absolute atomic E-state index is 0.132. The van der Waals surface area contributed by atoms with E-state index in [1.54, 1.807) is 0 Å². The first kappa shape index (κ1) is 23.9. The number of hydrogen-bond donors (Lipinski definition) is 2. The van der Waals surface area contributed by atoms with E-state index in [1.807, 2.05) is 91.0 Å². The number of nitrogens with one attached hydrogen (secondary N) is 2. The second-order valence-electron chi connectivity index (χ2n) is 7.32. The molecule has 3 rings (SSSR count). The van der Waals surface area contributed by atoms with Gasteiger partial charge in [-0.15, -0.1) is 0 Å². The highest BCUT2D eigenvalue weighted by molar-refractivity contribution is 7.80. The number of carbonyl (C=O) groups excluding carboxylic acids is 2. The molecule has 0 aliphatic heterocycles. The van der Waals surface area contributed by atoms with Gasteiger partial charge in [0, 0.05) is 6.42 Å². The summed E-state index contributed by atoms with van der Waals surface area (Å²) in [7, 11) is 1.33. The van der Waals surface area contributed by atoms with Crippen molar-refractivity contribution in [1.82, 2.24) is 10.6 Å². The zero-order valence-corrected chi connectivity index (χ0v) is 19.1. The molecule has 0 aliphatic carbocycles. The second kappa shape index (κ2) is 12.4. The molecule has 33 heavy (non-hydrogen) atoms. The van der Waals surface area contributed by atoms with E-state index in [-0.39, 0.29) is 11.6 Å². The van der Waals surface area contributed by atoms with E-state index in [0.717, 1.165) is 16.7 Å². The molecular formula is C26H26N2O4S. The zero-order chi connectivity index (χ0) is 23.5. The molecule has 0 radical (unpaired) electrons. The van der Waals surface area contributed by atoms with Crippen LogP contribution >= 0.6 is 12.2 Å². The third kappa shape index (κ3) is 7.43. The molecule has 3 aromatic carbocycles. The van der Waals surface area contributed by atoms with Crippen LogP contribution in [0.5, 0.6) is 0 Å². The predicted molar refractivity (Wildman–Crippen MR) is 131 cm³/mol. The smallest absolute Gasteiger partial charge is 0.408 e. The second-order valence-corrected chi connectivity index (χ2v) is 7.76. The summed E-state index contributed by atoms with van der Waals surface area (Å²) in [6, 6.07) is 26.8. The first-order valence-electron chi connectivity index (χ1n) is 10.5. The van der Waals surface area contributed by atoms with Crippen LogP contribution in [0.1, 0.15) is 22.7 Å². The fraction of sp³-hybridized carbons (Fsp3) is 0.192. The maximum atomic E-state index is 12.6. The van der Waals surface area contributed by atoms with Crippen LogP contribution in [0, 0.1) is 0 Å². The molecule has 0 bridgehead atoms. The van der Waals surface area contributed by atoms with E-state index < -0.39 is 24.1 Å². The van der Waals surface area contributed by atoms with Crippen molar-refractivity contribution in [3.05, 3.63) is 108 Å². The van der Waals surface area contributed by atoms with E-state index in [1.165, 1.54) is 7.11 Å². The molecule has 0 fully saturated rings. The largest absolute Gasteiger partial charge is 0.467 e. The Morgan fingerprint density at radius 2 is 1.36 bits per heavy atom. The normalized spacial score (nSPS) is 12.2. The summed E-state index contributed by atoms with van der Waals surface area (Å²) in [5.41, 5.74) is 2.59. The molecule has 170 valence electrons. The lowest BCUT2D eigenvalue weighted by atomic mass is 10.0. The van der Waals surface area contributed by atoms with Gasteiger partial charge in [0.2, 0.25) is 0 Å². The monoisotopic (exact) mass is 462 g/mol. The first-order valence-corrected chi connectivity index (χ1v) is 10.9. The molecule has 6 nitrogen and oxygen atoms in total. The lowest BCUT2D eigenvalue weighted by Gasteiger charge is -2.25. The highest BCUT2D eigenvalue weighted by Crippen LogP contribution is 2.16. The van der Waals surface area contributed by atoms with Crippen LogP contribution in [0.4, 0.5) is 4.79 Å². The van der Waals surface area contributed by atoms with Gasteiger partial charge in [0.05, 0.1) is 7.11 Å². The number of carbonyl (C=O) groups is 2. The van der Waals surface area contributed by atoms with Gasteiger partial charge >= 0.3 is 12.1 Å². The van der Waals surface area contributed by atoms with Crippen molar-refractivity contribution in [3.63, 3.8) is 0 Å². The highest BCUT2D eigenvalue weighted by atomic mass is 32.1. The molecule has 0 heterocycles. The van der Waals surface area contributed by atoms with Crippen LogP contribution < -0.4 is 10.6 Å². The molecule has 0 saturated heterocycles. The Labute approximate surface area is 198 Å². The minimum Gasteiger partial charge on any atom is -0.467 e. The number of ether oxygens (including phenoxy) is 2. The van der Waals surface area contributed by atoms with Crippen LogP contribution in [0.15, 0.2) is 91.0 Å². The summed E-state index contributed by atoms with van der Waals surface area (Å²) in [5, 5.41) is 5.89. The third-order valence-electron chi connectivity index (χ3n) is 4.95. The number of rotatable bonds is 9. The lowest BCUT2D eigenvalue weighted by molar-refractivity contribution is -0.142. The molecule has 2 N–H and O–H groups in total. The van der Waals surface area contributed by atoms with Crippen LogP contribution in [0.25, 0.3) is 0 Å². The first-order chi connectivity index (χ1) is 16.1. The summed E-state index contributed by atoms with van der Waals surface area (Å²) in [4.78, 5) is 25.3. The summed E-state index contributed by atoms with van der Waals surface area (Å²) in [6.07, 6.45) is -0.234. The molecule has 0 unspecified atom stereocenters. The molecule has 3 aromatic rings. The van der Waals surface area contributed by atoms with Gasteiger partial charge < -0.3 is 20.1 Å². The Kier molecular flexibility index (Phi) is 8.97. The van der Waals surface area contributed by atoms with Crippen LogP contribution in [-0.2, 0) is 27.3 Å². The van der Waals surface area contributed by atoms with Crippen LogP contribution in [0.3, 0.4) is 0 Å². The Hall–Kier alpha value is -3.71. The number of benzene rings is 3. The Balaban J connectivity index is 1.72. The van der Waals surface area contributed by atoms with Crippen molar-refractivity contribution in [2.24, 2.45) is 0 Å². The molecule has 0 saturated carbocycles. The summed E-state index contributed by atoms with van der Waals surface area (Å²) in [5.74, 6) is -0.445. The van der Waals surface area contributed by atoms with Crippen molar-refractivity contribution < 1.29 is 19.1 Å². The molecule has 0 spiro atoms. The maximum Gasteiger partial charge on any atom is 0.408 e. The van der Waals surface area contributed by atoms with Gasteiger partial charge in [0.1, 0.15) is 23.7 Å². The van der Waals surface area contributed by atoms with Gasteiger partial charge in [-0.2, -0.15) is 0 Å². The summed E-state index contributed by atoms with van der Waals surface area (Å²) < 4.78 is 10.3. The van der Waals surface area contributed by atoms with Crippen LogP contribution in [-0.4, -0.2) is 30.2 Å². The van der Waals surface area contributed by atoms with Gasteiger partial charge in [-0.05, 0) is 16.7 Å². The number of amides is 1. The number of hydrogen-bond acceptors (Lipinski definition) is 5. The maximum absolute atomic E-state index is 12.6.